The molecule has 2 amide bonds. The third-order valence-electron chi connectivity index (χ3n) is 6.49. The Morgan fingerprint density at radius 3 is 2.11 bits per heavy atom. The van der Waals surface area contributed by atoms with E-state index in [0.717, 1.165) is 11.1 Å². The van der Waals surface area contributed by atoms with Gasteiger partial charge in [0.2, 0.25) is 5.91 Å². The quantitative estimate of drug-likeness (QED) is 0.324. The summed E-state index contributed by atoms with van der Waals surface area (Å²) in [5, 5.41) is 2.01. The predicted molar refractivity (Wildman–Crippen MR) is 145 cm³/mol. The van der Waals surface area contributed by atoms with Gasteiger partial charge in [-0.15, -0.1) is 23.1 Å². The van der Waals surface area contributed by atoms with Crippen LogP contribution in [0.5, 0.6) is 0 Å². The van der Waals surface area contributed by atoms with Gasteiger partial charge >= 0.3 is 11.9 Å². The van der Waals surface area contributed by atoms with E-state index in [1.807, 2.05) is 72.1 Å². The zero-order valence-corrected chi connectivity index (χ0v) is 22.4. The molecule has 2 saturated heterocycles. The van der Waals surface area contributed by atoms with Crippen LogP contribution in [0.15, 0.2) is 78.2 Å². The van der Waals surface area contributed by atoms with Crippen molar-refractivity contribution in [3.05, 3.63) is 89.3 Å². The first-order valence-electron chi connectivity index (χ1n) is 12.1. The summed E-state index contributed by atoms with van der Waals surface area (Å²) >= 11 is 2.74. The highest BCUT2D eigenvalue weighted by atomic mass is 32.2. The zero-order chi connectivity index (χ0) is 26.8. The smallest absolute Gasteiger partial charge is 0.333 e. The topological polar surface area (TPSA) is 93.2 Å². The summed E-state index contributed by atoms with van der Waals surface area (Å²) in [5.74, 6) is -1.59. The maximum atomic E-state index is 13.8. The van der Waals surface area contributed by atoms with Gasteiger partial charge in [-0.2, -0.15) is 0 Å². The van der Waals surface area contributed by atoms with Crippen molar-refractivity contribution < 1.29 is 28.7 Å². The number of ether oxygens (including phenoxy) is 2. The van der Waals surface area contributed by atoms with Crippen LogP contribution >= 0.6 is 23.1 Å². The number of carbonyl (C=O) groups excluding carboxylic acids is 4. The van der Waals surface area contributed by atoms with Crippen molar-refractivity contribution in [1.29, 1.82) is 0 Å². The number of benzene rings is 2. The zero-order valence-electron chi connectivity index (χ0n) is 20.8. The molecule has 1 aromatic heterocycles. The molecule has 0 bridgehead atoms. The first-order chi connectivity index (χ1) is 18.4. The lowest BCUT2D eigenvalue weighted by Gasteiger charge is -2.56. The average molecular weight is 551 g/mol. The summed E-state index contributed by atoms with van der Waals surface area (Å²) in [6.45, 7) is 2.69. The lowest BCUT2D eigenvalue weighted by Crippen LogP contribution is -2.77. The fraction of sp³-hybridized carbons (Fsp3) is 0.286. The van der Waals surface area contributed by atoms with Crippen molar-refractivity contribution in [2.45, 2.75) is 43.5 Å². The highest BCUT2D eigenvalue weighted by molar-refractivity contribution is 8.00. The minimum atomic E-state index is -1.14. The number of amides is 2. The van der Waals surface area contributed by atoms with Crippen molar-refractivity contribution in [1.82, 2.24) is 4.90 Å². The Hall–Kier alpha value is -3.63. The second-order valence-electron chi connectivity index (χ2n) is 8.99. The van der Waals surface area contributed by atoms with Gasteiger partial charge in [-0.1, -0.05) is 60.7 Å². The van der Waals surface area contributed by atoms with Crippen LogP contribution in [0.3, 0.4) is 0 Å². The monoisotopic (exact) mass is 550 g/mol. The minimum Gasteiger partial charge on any atom is -0.459 e. The van der Waals surface area contributed by atoms with Gasteiger partial charge in [0.15, 0.2) is 12.1 Å². The molecule has 0 radical (unpaired) electrons. The number of anilines is 1. The van der Waals surface area contributed by atoms with Crippen molar-refractivity contribution in [2.75, 3.05) is 10.7 Å². The van der Waals surface area contributed by atoms with Crippen molar-refractivity contribution in [2.24, 2.45) is 0 Å². The first kappa shape index (κ1) is 26.0. The minimum absolute atomic E-state index is 0.263. The van der Waals surface area contributed by atoms with Gasteiger partial charge in [-0.05, 0) is 28.6 Å². The second kappa shape index (κ2) is 11.0. The van der Waals surface area contributed by atoms with Crippen LogP contribution in [0.1, 0.15) is 31.1 Å². The van der Waals surface area contributed by atoms with E-state index < -0.39 is 41.6 Å². The van der Waals surface area contributed by atoms with Gasteiger partial charge in [0.25, 0.3) is 5.91 Å². The Labute approximate surface area is 228 Å². The van der Waals surface area contributed by atoms with Crippen LogP contribution in [-0.4, -0.2) is 58.0 Å². The maximum Gasteiger partial charge on any atom is 0.333 e. The number of fused-ring (bicyclic) bond motifs is 1. The SMILES string of the molecule is CC(=O)OC1CS[C@@H]2[C@H](N(C(C)=O)c3cccs3)C(=O)N2[C@H]1C(=O)OC(c1ccccc1)c1ccccc1. The fourth-order valence-electron chi connectivity index (χ4n) is 4.88. The Morgan fingerprint density at radius 1 is 0.947 bits per heavy atom. The summed E-state index contributed by atoms with van der Waals surface area (Å²) in [5.41, 5.74) is 1.54. The highest BCUT2D eigenvalue weighted by Gasteiger charge is 2.61. The maximum absolute atomic E-state index is 13.8. The van der Waals surface area contributed by atoms with Crippen molar-refractivity contribution in [3.63, 3.8) is 0 Å². The van der Waals surface area contributed by atoms with E-state index in [9.17, 15) is 19.2 Å². The molecule has 4 atom stereocenters. The summed E-state index contributed by atoms with van der Waals surface area (Å²) in [4.78, 5) is 54.8. The van der Waals surface area contributed by atoms with Gasteiger partial charge in [0, 0.05) is 19.6 Å². The van der Waals surface area contributed by atoms with E-state index in [4.69, 9.17) is 9.47 Å². The number of hydrogen-bond donors (Lipinski definition) is 0. The van der Waals surface area contributed by atoms with Gasteiger partial charge < -0.3 is 14.4 Å². The van der Waals surface area contributed by atoms with Gasteiger partial charge in [0.05, 0.1) is 5.00 Å². The number of hydrogen-bond acceptors (Lipinski definition) is 8. The molecule has 0 aliphatic carbocycles. The van der Waals surface area contributed by atoms with E-state index in [-0.39, 0.29) is 17.6 Å². The molecule has 2 aliphatic heterocycles. The first-order valence-corrected chi connectivity index (χ1v) is 14.0. The van der Waals surface area contributed by atoms with E-state index >= 15 is 0 Å². The van der Waals surface area contributed by atoms with Crippen LogP contribution < -0.4 is 4.90 Å². The summed E-state index contributed by atoms with van der Waals surface area (Å²) in [6, 6.07) is 20.4. The van der Waals surface area contributed by atoms with E-state index in [1.165, 1.54) is 46.7 Å². The highest BCUT2D eigenvalue weighted by Crippen LogP contribution is 2.44. The third kappa shape index (κ3) is 4.93. The molecule has 10 heteroatoms. The van der Waals surface area contributed by atoms with E-state index in [0.29, 0.717) is 5.00 Å². The number of thioether (sulfide) groups is 1. The second-order valence-corrected chi connectivity index (χ2v) is 11.1. The van der Waals surface area contributed by atoms with Crippen LogP contribution in [0.4, 0.5) is 5.00 Å². The molecule has 3 heterocycles. The molecule has 2 aliphatic rings. The van der Waals surface area contributed by atoms with Crippen LogP contribution in [0, 0.1) is 0 Å². The summed E-state index contributed by atoms with van der Waals surface area (Å²) < 4.78 is 11.6. The lowest BCUT2D eigenvalue weighted by molar-refractivity contribution is -0.177. The van der Waals surface area contributed by atoms with E-state index in [2.05, 4.69) is 0 Å². The molecule has 3 aromatic rings. The Morgan fingerprint density at radius 2 is 1.58 bits per heavy atom. The van der Waals surface area contributed by atoms with Crippen LogP contribution in [-0.2, 0) is 28.7 Å². The van der Waals surface area contributed by atoms with Crippen molar-refractivity contribution in [3.8, 4) is 0 Å². The standard InChI is InChI=1S/C28H26N2O6S2/c1-17(31)29(22-14-9-15-37-22)24-26(33)30-23(21(35-18(2)32)16-38-27(24)30)28(34)36-25(19-10-5-3-6-11-19)20-12-7-4-8-13-20/h3-15,21,23-25,27H,16H2,1-2H3/t21?,23-,24-,27-/m1/s1. The third-order valence-corrected chi connectivity index (χ3v) is 8.71. The number of β-lactam (4-membered cyclic amide) rings is 1. The molecule has 8 nitrogen and oxygen atoms in total. The summed E-state index contributed by atoms with van der Waals surface area (Å²) in [7, 11) is 0. The van der Waals surface area contributed by atoms with Gasteiger partial charge in [-0.3, -0.25) is 19.3 Å². The molecular weight excluding hydrogens is 524 g/mol. The molecule has 196 valence electrons. The molecule has 0 spiro atoms. The number of carbonyl (C=O) groups is 4. The van der Waals surface area contributed by atoms with E-state index in [1.54, 1.807) is 6.07 Å². The normalized spacial score (nSPS) is 22.3. The molecule has 2 aromatic carbocycles. The average Bonchev–Trinajstić information content (AvgIpc) is 3.45. The molecule has 2 fully saturated rings. The number of rotatable bonds is 7. The molecule has 0 saturated carbocycles. The Balaban J connectivity index is 1.46. The number of nitrogens with zero attached hydrogens (tertiary/aromatic N) is 2. The van der Waals surface area contributed by atoms with Crippen LogP contribution in [0.25, 0.3) is 0 Å². The van der Waals surface area contributed by atoms with Gasteiger partial charge in [0.1, 0.15) is 17.5 Å². The molecular formula is C28H26N2O6S2. The van der Waals surface area contributed by atoms with Crippen molar-refractivity contribution >= 4 is 51.9 Å². The molecule has 38 heavy (non-hydrogen) atoms. The molecule has 0 N–H and O–H groups in total. The summed E-state index contributed by atoms with van der Waals surface area (Å²) in [6.07, 6.45) is -1.60. The van der Waals surface area contributed by atoms with Crippen LogP contribution in [0.2, 0.25) is 0 Å². The lowest BCUT2D eigenvalue weighted by atomic mass is 9.97. The number of esters is 2. The molecule has 1 unspecified atom stereocenters. The predicted octanol–water partition coefficient (Wildman–Crippen LogP) is 4.02. The van der Waals surface area contributed by atoms with Gasteiger partial charge in [-0.25, -0.2) is 4.79 Å². The fourth-order valence-corrected chi connectivity index (χ4v) is 7.14. The Bertz CT molecular complexity index is 1280. The Kier molecular flexibility index (Phi) is 7.53. The number of thiophene rings is 1. The molecule has 5 rings (SSSR count). The largest absolute Gasteiger partial charge is 0.459 e.